The monoisotopic (exact) mass is 431 g/mol. The van der Waals surface area contributed by atoms with E-state index in [2.05, 4.69) is 29.6 Å². The lowest BCUT2D eigenvalue weighted by Gasteiger charge is -2.19. The number of carboxylic acids is 1. The van der Waals surface area contributed by atoms with Gasteiger partial charge in [-0.25, -0.2) is 4.79 Å². The molecule has 0 aromatic heterocycles. The predicted octanol–water partition coefficient (Wildman–Crippen LogP) is 4.62. The van der Waals surface area contributed by atoms with Crippen molar-refractivity contribution in [3.63, 3.8) is 0 Å². The molecule has 1 unspecified atom stereocenters. The second kappa shape index (κ2) is 9.56. The molecule has 0 bridgehead atoms. The zero-order valence-corrected chi connectivity index (χ0v) is 17.8. The van der Waals surface area contributed by atoms with Gasteiger partial charge >= 0.3 is 12.1 Å². The van der Waals surface area contributed by atoms with Gasteiger partial charge in [-0.2, -0.15) is 0 Å². The van der Waals surface area contributed by atoms with Crippen molar-refractivity contribution >= 4 is 12.1 Å². The number of alkyl carbamates (subject to hydrolysis) is 1. The van der Waals surface area contributed by atoms with Gasteiger partial charge in [0, 0.05) is 12.0 Å². The van der Waals surface area contributed by atoms with Crippen molar-refractivity contribution in [3.05, 3.63) is 89.5 Å². The van der Waals surface area contributed by atoms with Crippen LogP contribution < -0.4 is 10.1 Å². The molecule has 3 aromatic carbocycles. The van der Waals surface area contributed by atoms with Crippen LogP contribution in [-0.2, 0) is 16.0 Å². The molecule has 3 aromatic rings. The molecule has 0 heterocycles. The summed E-state index contributed by atoms with van der Waals surface area (Å²) in [5, 5.41) is 12.0. The quantitative estimate of drug-likeness (QED) is 0.544. The summed E-state index contributed by atoms with van der Waals surface area (Å²) in [5.74, 6) is -0.317. The van der Waals surface area contributed by atoms with E-state index in [1.807, 2.05) is 36.4 Å². The fourth-order valence-electron chi connectivity index (χ4n) is 4.24. The summed E-state index contributed by atoms with van der Waals surface area (Å²) < 4.78 is 10.7. The average Bonchev–Trinajstić information content (AvgIpc) is 3.11. The molecule has 0 saturated carbocycles. The fraction of sp³-hybridized carbons (Fsp3) is 0.231. The lowest BCUT2D eigenvalue weighted by atomic mass is 9.98. The molecule has 1 aliphatic rings. The number of carbonyl (C=O) groups is 2. The normalized spacial score (nSPS) is 13.0. The molecule has 0 aliphatic heterocycles. The standard InChI is InChI=1S/C26H25NO5/c1-31-19-12-10-17(11-13-19)14-18(15-25(28)29)27-26(30)32-16-24-22-8-4-2-6-20(22)21-7-3-5-9-23(21)24/h2-13,18,24H,14-16H2,1H3,(H,27,30)(H,28,29). The molecule has 1 amide bonds. The first-order chi connectivity index (χ1) is 15.5. The molecule has 0 saturated heterocycles. The summed E-state index contributed by atoms with van der Waals surface area (Å²) >= 11 is 0. The summed E-state index contributed by atoms with van der Waals surface area (Å²) in [4.78, 5) is 23.9. The van der Waals surface area contributed by atoms with Crippen LogP contribution in [0.3, 0.4) is 0 Å². The Kier molecular flexibility index (Phi) is 6.40. The molecular weight excluding hydrogens is 406 g/mol. The summed E-state index contributed by atoms with van der Waals surface area (Å²) in [6.07, 6.45) is -0.442. The van der Waals surface area contributed by atoms with Gasteiger partial charge in [0.2, 0.25) is 0 Å². The van der Waals surface area contributed by atoms with Gasteiger partial charge in [0.05, 0.1) is 13.5 Å². The zero-order chi connectivity index (χ0) is 22.5. The van der Waals surface area contributed by atoms with Crippen molar-refractivity contribution in [1.82, 2.24) is 5.32 Å². The first-order valence-electron chi connectivity index (χ1n) is 10.5. The van der Waals surface area contributed by atoms with Gasteiger partial charge < -0.3 is 19.9 Å². The number of hydrogen-bond donors (Lipinski definition) is 2. The first-order valence-corrected chi connectivity index (χ1v) is 10.5. The number of benzene rings is 3. The molecule has 0 fully saturated rings. The maximum absolute atomic E-state index is 12.6. The molecule has 32 heavy (non-hydrogen) atoms. The van der Waals surface area contributed by atoms with Crippen molar-refractivity contribution in [1.29, 1.82) is 0 Å². The second-order valence-corrected chi connectivity index (χ2v) is 7.82. The van der Waals surface area contributed by atoms with Crippen molar-refractivity contribution in [3.8, 4) is 16.9 Å². The van der Waals surface area contributed by atoms with Crippen LogP contribution in [0.1, 0.15) is 29.0 Å². The maximum atomic E-state index is 12.6. The predicted molar refractivity (Wildman–Crippen MR) is 121 cm³/mol. The van der Waals surface area contributed by atoms with E-state index < -0.39 is 18.1 Å². The molecular formula is C26H25NO5. The first kappa shape index (κ1) is 21.4. The molecule has 0 spiro atoms. The third-order valence-electron chi connectivity index (χ3n) is 5.73. The van der Waals surface area contributed by atoms with Gasteiger partial charge in [0.25, 0.3) is 0 Å². The van der Waals surface area contributed by atoms with Crippen molar-refractivity contribution in [2.24, 2.45) is 0 Å². The number of methoxy groups -OCH3 is 1. The van der Waals surface area contributed by atoms with Gasteiger partial charge in [0.1, 0.15) is 12.4 Å². The van der Waals surface area contributed by atoms with Crippen LogP contribution in [0.4, 0.5) is 4.79 Å². The highest BCUT2D eigenvalue weighted by molar-refractivity contribution is 5.79. The Morgan fingerprint density at radius 2 is 1.53 bits per heavy atom. The Bertz CT molecular complexity index is 1060. The van der Waals surface area contributed by atoms with E-state index in [9.17, 15) is 14.7 Å². The Morgan fingerprint density at radius 3 is 2.09 bits per heavy atom. The molecule has 1 aliphatic carbocycles. The molecule has 6 heteroatoms. The van der Waals surface area contributed by atoms with Crippen LogP contribution in [-0.4, -0.2) is 36.9 Å². The summed E-state index contributed by atoms with van der Waals surface area (Å²) in [5.41, 5.74) is 5.46. The molecule has 2 N–H and O–H groups in total. The lowest BCUT2D eigenvalue weighted by Crippen LogP contribution is -2.39. The third kappa shape index (κ3) is 4.75. The zero-order valence-electron chi connectivity index (χ0n) is 17.8. The van der Waals surface area contributed by atoms with E-state index in [1.165, 1.54) is 0 Å². The number of hydrogen-bond acceptors (Lipinski definition) is 4. The van der Waals surface area contributed by atoms with E-state index in [0.717, 1.165) is 27.8 Å². The number of rotatable bonds is 8. The number of nitrogens with one attached hydrogen (secondary N) is 1. The number of fused-ring (bicyclic) bond motifs is 3. The number of carbonyl (C=O) groups excluding carboxylic acids is 1. The Hall–Kier alpha value is -3.80. The van der Waals surface area contributed by atoms with Crippen LogP contribution in [0.15, 0.2) is 72.8 Å². The van der Waals surface area contributed by atoms with Gasteiger partial charge in [-0.15, -0.1) is 0 Å². The number of amides is 1. The Morgan fingerprint density at radius 1 is 0.938 bits per heavy atom. The summed E-state index contributed by atoms with van der Waals surface area (Å²) in [7, 11) is 1.58. The topological polar surface area (TPSA) is 84.9 Å². The van der Waals surface area contributed by atoms with Crippen molar-refractivity contribution in [2.75, 3.05) is 13.7 Å². The minimum Gasteiger partial charge on any atom is -0.497 e. The largest absolute Gasteiger partial charge is 0.497 e. The van der Waals surface area contributed by atoms with Crippen LogP contribution in [0.5, 0.6) is 5.75 Å². The number of carboxylic acid groups (broad SMARTS) is 1. The van der Waals surface area contributed by atoms with Gasteiger partial charge in [0.15, 0.2) is 0 Å². The molecule has 164 valence electrons. The summed E-state index contributed by atoms with van der Waals surface area (Å²) in [6.45, 7) is 0.183. The van der Waals surface area contributed by atoms with Crippen LogP contribution >= 0.6 is 0 Å². The van der Waals surface area contributed by atoms with E-state index >= 15 is 0 Å². The van der Waals surface area contributed by atoms with Crippen LogP contribution in [0, 0.1) is 0 Å². The minimum absolute atomic E-state index is 0.0485. The molecule has 1 atom stereocenters. The van der Waals surface area contributed by atoms with Crippen molar-refractivity contribution < 1.29 is 24.2 Å². The molecule has 0 radical (unpaired) electrons. The van der Waals surface area contributed by atoms with E-state index in [-0.39, 0.29) is 18.9 Å². The molecule has 4 rings (SSSR count). The SMILES string of the molecule is COc1ccc(CC(CC(=O)O)NC(=O)OCC2c3ccccc3-c3ccccc32)cc1. The minimum atomic E-state index is -0.984. The number of aliphatic carboxylic acids is 1. The van der Waals surface area contributed by atoms with E-state index in [0.29, 0.717) is 12.2 Å². The van der Waals surface area contributed by atoms with E-state index in [4.69, 9.17) is 9.47 Å². The van der Waals surface area contributed by atoms with Crippen LogP contribution in [0.2, 0.25) is 0 Å². The van der Waals surface area contributed by atoms with Gasteiger partial charge in [-0.1, -0.05) is 60.7 Å². The average molecular weight is 431 g/mol. The Balaban J connectivity index is 1.41. The lowest BCUT2D eigenvalue weighted by molar-refractivity contribution is -0.137. The fourth-order valence-corrected chi connectivity index (χ4v) is 4.24. The second-order valence-electron chi connectivity index (χ2n) is 7.82. The highest BCUT2D eigenvalue weighted by Gasteiger charge is 2.29. The highest BCUT2D eigenvalue weighted by atomic mass is 16.5. The van der Waals surface area contributed by atoms with Gasteiger partial charge in [-0.05, 0) is 46.4 Å². The number of ether oxygens (including phenoxy) is 2. The van der Waals surface area contributed by atoms with Crippen molar-refractivity contribution in [2.45, 2.75) is 24.8 Å². The maximum Gasteiger partial charge on any atom is 0.407 e. The molecule has 6 nitrogen and oxygen atoms in total. The van der Waals surface area contributed by atoms with E-state index in [1.54, 1.807) is 19.2 Å². The Labute approximate surface area is 186 Å². The van der Waals surface area contributed by atoms with Crippen LogP contribution in [0.25, 0.3) is 11.1 Å². The summed E-state index contributed by atoms with van der Waals surface area (Å²) in [6, 6.07) is 23.0. The smallest absolute Gasteiger partial charge is 0.407 e. The third-order valence-corrected chi connectivity index (χ3v) is 5.73. The highest BCUT2D eigenvalue weighted by Crippen LogP contribution is 2.44. The van der Waals surface area contributed by atoms with Gasteiger partial charge in [-0.3, -0.25) is 4.79 Å².